The number of carboxylic acids is 1. The molecule has 1 aromatic rings. The van der Waals surface area contributed by atoms with Crippen molar-refractivity contribution in [1.29, 1.82) is 0 Å². The van der Waals surface area contributed by atoms with Gasteiger partial charge in [-0.2, -0.15) is 11.8 Å². The molecule has 1 aliphatic heterocycles. The van der Waals surface area contributed by atoms with Crippen LogP contribution in [0.5, 0.6) is 0 Å². The molecule has 0 radical (unpaired) electrons. The summed E-state index contributed by atoms with van der Waals surface area (Å²) in [5.74, 6) is 1.64. The van der Waals surface area contributed by atoms with Gasteiger partial charge in [0.25, 0.3) is 0 Å². The van der Waals surface area contributed by atoms with Gasteiger partial charge in [-0.25, -0.2) is 9.18 Å². The van der Waals surface area contributed by atoms with Crippen LogP contribution in [0.25, 0.3) is 0 Å². The van der Waals surface area contributed by atoms with Gasteiger partial charge in [0, 0.05) is 12.1 Å². The molecule has 1 atom stereocenters. The zero-order valence-corrected chi connectivity index (χ0v) is 10.8. The van der Waals surface area contributed by atoms with Crippen LogP contribution in [0.1, 0.15) is 22.3 Å². The SMILES string of the molecule is O=C(O)c1ccc(F)c(CNCC2CCSC2)c1. The van der Waals surface area contributed by atoms with Crippen molar-refractivity contribution in [1.82, 2.24) is 5.32 Å². The maximum Gasteiger partial charge on any atom is 0.335 e. The number of rotatable bonds is 5. The Morgan fingerprint density at radius 3 is 3.06 bits per heavy atom. The first-order chi connectivity index (χ1) is 8.66. The second-order valence-electron chi connectivity index (χ2n) is 4.47. The highest BCUT2D eigenvalue weighted by Crippen LogP contribution is 2.22. The standard InChI is InChI=1S/C13H16FNO2S/c14-12-2-1-10(13(16)17)5-11(12)7-15-6-9-3-4-18-8-9/h1-2,5,9,15H,3-4,6-8H2,(H,16,17). The van der Waals surface area contributed by atoms with Crippen LogP contribution in [-0.4, -0.2) is 29.1 Å². The van der Waals surface area contributed by atoms with Crippen molar-refractivity contribution in [2.75, 3.05) is 18.1 Å². The van der Waals surface area contributed by atoms with Crippen LogP contribution in [0.4, 0.5) is 4.39 Å². The molecule has 3 nitrogen and oxygen atoms in total. The molecule has 1 unspecified atom stereocenters. The molecule has 0 amide bonds. The maximum absolute atomic E-state index is 13.5. The van der Waals surface area contributed by atoms with Crippen molar-refractivity contribution in [3.63, 3.8) is 0 Å². The Hall–Kier alpha value is -1.07. The third-order valence-corrected chi connectivity index (χ3v) is 4.30. The van der Waals surface area contributed by atoms with Gasteiger partial charge in [0.05, 0.1) is 5.56 Å². The molecule has 5 heteroatoms. The molecule has 98 valence electrons. The number of thioether (sulfide) groups is 1. The largest absolute Gasteiger partial charge is 0.478 e. The van der Waals surface area contributed by atoms with Gasteiger partial charge in [0.2, 0.25) is 0 Å². The monoisotopic (exact) mass is 269 g/mol. The fourth-order valence-corrected chi connectivity index (χ4v) is 3.28. The van der Waals surface area contributed by atoms with Crippen LogP contribution in [0.3, 0.4) is 0 Å². The first-order valence-electron chi connectivity index (χ1n) is 5.97. The summed E-state index contributed by atoms with van der Waals surface area (Å²) in [5.41, 5.74) is 0.546. The highest BCUT2D eigenvalue weighted by Gasteiger charge is 2.15. The lowest BCUT2D eigenvalue weighted by Gasteiger charge is -2.10. The van der Waals surface area contributed by atoms with Crippen LogP contribution in [0.15, 0.2) is 18.2 Å². The third-order valence-electron chi connectivity index (χ3n) is 3.07. The number of nitrogens with one attached hydrogen (secondary N) is 1. The van der Waals surface area contributed by atoms with E-state index in [1.165, 1.54) is 30.4 Å². The summed E-state index contributed by atoms with van der Waals surface area (Å²) in [6.45, 7) is 1.25. The lowest BCUT2D eigenvalue weighted by molar-refractivity contribution is 0.0696. The minimum absolute atomic E-state index is 0.129. The molecule has 1 aliphatic rings. The van der Waals surface area contributed by atoms with Gasteiger partial charge in [-0.3, -0.25) is 0 Å². The Morgan fingerprint density at radius 2 is 2.39 bits per heavy atom. The number of hydrogen-bond acceptors (Lipinski definition) is 3. The van der Waals surface area contributed by atoms with Gasteiger partial charge < -0.3 is 10.4 Å². The molecule has 1 aromatic carbocycles. The first kappa shape index (κ1) is 13.4. The van der Waals surface area contributed by atoms with Crippen LogP contribution in [0, 0.1) is 11.7 Å². The number of carboxylic acid groups (broad SMARTS) is 1. The number of carbonyl (C=O) groups is 1. The van der Waals surface area contributed by atoms with E-state index in [9.17, 15) is 9.18 Å². The van der Waals surface area contributed by atoms with Crippen molar-refractivity contribution >= 4 is 17.7 Å². The van der Waals surface area contributed by atoms with E-state index < -0.39 is 5.97 Å². The second-order valence-corrected chi connectivity index (χ2v) is 5.62. The summed E-state index contributed by atoms with van der Waals surface area (Å²) in [6.07, 6.45) is 1.20. The molecule has 0 saturated carbocycles. The van der Waals surface area contributed by atoms with Gasteiger partial charge in [0.15, 0.2) is 0 Å². The van der Waals surface area contributed by atoms with Crippen molar-refractivity contribution in [3.8, 4) is 0 Å². The topological polar surface area (TPSA) is 49.3 Å². The van der Waals surface area contributed by atoms with E-state index in [1.54, 1.807) is 0 Å². The number of halogens is 1. The van der Waals surface area contributed by atoms with Crippen molar-refractivity contribution in [2.45, 2.75) is 13.0 Å². The van der Waals surface area contributed by atoms with Gasteiger partial charge in [-0.15, -0.1) is 0 Å². The van der Waals surface area contributed by atoms with E-state index in [0.29, 0.717) is 18.0 Å². The zero-order valence-electron chi connectivity index (χ0n) is 9.99. The summed E-state index contributed by atoms with van der Waals surface area (Å²) >= 11 is 1.95. The van der Waals surface area contributed by atoms with E-state index in [1.807, 2.05) is 11.8 Å². The molecule has 1 fully saturated rings. The first-order valence-corrected chi connectivity index (χ1v) is 7.12. The summed E-state index contributed by atoms with van der Waals surface area (Å²) in [7, 11) is 0. The van der Waals surface area contributed by atoms with E-state index in [0.717, 1.165) is 12.3 Å². The summed E-state index contributed by atoms with van der Waals surface area (Å²) in [6, 6.07) is 3.90. The fourth-order valence-electron chi connectivity index (χ4n) is 2.00. The summed E-state index contributed by atoms with van der Waals surface area (Å²) in [4.78, 5) is 10.8. The highest BCUT2D eigenvalue weighted by atomic mass is 32.2. The third kappa shape index (κ3) is 3.46. The van der Waals surface area contributed by atoms with Crippen LogP contribution < -0.4 is 5.32 Å². The predicted molar refractivity (Wildman–Crippen MR) is 70.5 cm³/mol. The molecule has 0 spiro atoms. The summed E-state index contributed by atoms with van der Waals surface area (Å²) in [5, 5.41) is 12.1. The smallest absolute Gasteiger partial charge is 0.335 e. The zero-order chi connectivity index (χ0) is 13.0. The van der Waals surface area contributed by atoms with Gasteiger partial charge in [0.1, 0.15) is 5.82 Å². The minimum Gasteiger partial charge on any atom is -0.478 e. The molecule has 1 saturated heterocycles. The van der Waals surface area contributed by atoms with Crippen molar-refractivity contribution in [3.05, 3.63) is 35.1 Å². The molecular formula is C13H16FNO2S. The Labute approximate surface area is 110 Å². The minimum atomic E-state index is -1.02. The molecule has 18 heavy (non-hydrogen) atoms. The average molecular weight is 269 g/mol. The van der Waals surface area contributed by atoms with Gasteiger partial charge >= 0.3 is 5.97 Å². The van der Waals surface area contributed by atoms with Gasteiger partial charge in [-0.1, -0.05) is 0 Å². The Kier molecular flexibility index (Phi) is 4.60. The Balaban J connectivity index is 1.91. The quantitative estimate of drug-likeness (QED) is 0.861. The number of aromatic carboxylic acids is 1. The maximum atomic E-state index is 13.5. The second kappa shape index (κ2) is 6.20. The van der Waals surface area contributed by atoms with E-state index in [-0.39, 0.29) is 11.4 Å². The van der Waals surface area contributed by atoms with Crippen molar-refractivity contribution in [2.24, 2.45) is 5.92 Å². The number of hydrogen-bond donors (Lipinski definition) is 2. The lowest BCUT2D eigenvalue weighted by atomic mass is 10.1. The molecule has 2 N–H and O–H groups in total. The number of benzene rings is 1. The van der Waals surface area contributed by atoms with Crippen LogP contribution in [0.2, 0.25) is 0 Å². The molecule has 2 rings (SSSR count). The Bertz CT molecular complexity index is 433. The molecule has 0 bridgehead atoms. The molecule has 1 heterocycles. The predicted octanol–water partition coefficient (Wildman–Crippen LogP) is 2.37. The molecule has 0 aliphatic carbocycles. The molecule has 0 aromatic heterocycles. The fraction of sp³-hybridized carbons (Fsp3) is 0.462. The van der Waals surface area contributed by atoms with E-state index in [2.05, 4.69) is 5.32 Å². The van der Waals surface area contributed by atoms with Gasteiger partial charge in [-0.05, 0) is 48.6 Å². The van der Waals surface area contributed by atoms with Crippen molar-refractivity contribution < 1.29 is 14.3 Å². The van der Waals surface area contributed by atoms with Crippen LogP contribution >= 0.6 is 11.8 Å². The van der Waals surface area contributed by atoms with Crippen LogP contribution in [-0.2, 0) is 6.54 Å². The Morgan fingerprint density at radius 1 is 1.56 bits per heavy atom. The lowest BCUT2D eigenvalue weighted by Crippen LogP contribution is -2.22. The van der Waals surface area contributed by atoms with E-state index in [4.69, 9.17) is 5.11 Å². The normalized spacial score (nSPS) is 19.1. The summed E-state index contributed by atoms with van der Waals surface area (Å²) < 4.78 is 13.5. The van der Waals surface area contributed by atoms with E-state index >= 15 is 0 Å². The average Bonchev–Trinajstić information content (AvgIpc) is 2.84. The highest BCUT2D eigenvalue weighted by molar-refractivity contribution is 7.99. The molecular weight excluding hydrogens is 253 g/mol.